The molecule has 0 aliphatic heterocycles. The second kappa shape index (κ2) is 10.6. The van der Waals surface area contributed by atoms with Crippen molar-refractivity contribution >= 4 is 23.4 Å². The number of benzene rings is 2. The summed E-state index contributed by atoms with van der Waals surface area (Å²) in [5.74, 6) is 0.359. The van der Waals surface area contributed by atoms with Crippen LogP contribution in [0.3, 0.4) is 0 Å². The van der Waals surface area contributed by atoms with Gasteiger partial charge in [0.25, 0.3) is 0 Å². The number of nitrogens with one attached hydrogen (secondary N) is 1. The Bertz CT molecular complexity index is 940. The number of furan rings is 1. The predicted molar refractivity (Wildman–Crippen MR) is 117 cm³/mol. The molecular weight excluding hydrogens is 400 g/mol. The van der Waals surface area contributed by atoms with Gasteiger partial charge in [0.05, 0.1) is 12.8 Å². The molecule has 30 heavy (non-hydrogen) atoms. The van der Waals surface area contributed by atoms with Crippen molar-refractivity contribution in [2.24, 2.45) is 0 Å². The molecule has 0 aliphatic carbocycles. The molecule has 0 spiro atoms. The molecule has 2 aromatic carbocycles. The van der Waals surface area contributed by atoms with Gasteiger partial charge in [-0.3, -0.25) is 9.59 Å². The molecule has 2 amide bonds. The Morgan fingerprint density at radius 3 is 2.37 bits per heavy atom. The quantitative estimate of drug-likeness (QED) is 0.546. The molecular formula is C24H25ClN2O3. The second-order valence-electron chi connectivity index (χ2n) is 7.00. The third-order valence-electron chi connectivity index (χ3n) is 4.86. The van der Waals surface area contributed by atoms with Gasteiger partial charge in [-0.15, -0.1) is 0 Å². The zero-order chi connectivity index (χ0) is 21.3. The first kappa shape index (κ1) is 21.7. The fourth-order valence-electron chi connectivity index (χ4n) is 3.25. The summed E-state index contributed by atoms with van der Waals surface area (Å²) < 4.78 is 5.31. The Hall–Kier alpha value is -3.05. The van der Waals surface area contributed by atoms with Crippen molar-refractivity contribution in [2.75, 3.05) is 0 Å². The van der Waals surface area contributed by atoms with Gasteiger partial charge < -0.3 is 14.6 Å². The van der Waals surface area contributed by atoms with Gasteiger partial charge in [0.15, 0.2) is 0 Å². The highest BCUT2D eigenvalue weighted by Gasteiger charge is 2.29. The molecule has 1 heterocycles. The van der Waals surface area contributed by atoms with E-state index in [9.17, 15) is 9.59 Å². The molecule has 0 saturated carbocycles. The van der Waals surface area contributed by atoms with Crippen LogP contribution in [0.2, 0.25) is 5.02 Å². The van der Waals surface area contributed by atoms with Crippen LogP contribution >= 0.6 is 11.6 Å². The van der Waals surface area contributed by atoms with E-state index in [2.05, 4.69) is 5.32 Å². The van der Waals surface area contributed by atoms with Gasteiger partial charge >= 0.3 is 0 Å². The molecule has 0 fully saturated rings. The molecule has 1 N–H and O–H groups in total. The van der Waals surface area contributed by atoms with Crippen LogP contribution in [0.4, 0.5) is 0 Å². The van der Waals surface area contributed by atoms with Gasteiger partial charge in [0.2, 0.25) is 11.8 Å². The highest BCUT2D eigenvalue weighted by molar-refractivity contribution is 6.30. The van der Waals surface area contributed by atoms with Crippen LogP contribution < -0.4 is 5.32 Å². The summed E-state index contributed by atoms with van der Waals surface area (Å²) in [6, 6.07) is 20.0. The molecule has 6 heteroatoms. The maximum atomic E-state index is 13.2. The van der Waals surface area contributed by atoms with Crippen molar-refractivity contribution in [1.82, 2.24) is 10.2 Å². The fourth-order valence-corrected chi connectivity index (χ4v) is 3.37. The molecule has 0 radical (unpaired) electrons. The lowest BCUT2D eigenvalue weighted by molar-refractivity contribution is -0.141. The summed E-state index contributed by atoms with van der Waals surface area (Å²) in [7, 11) is 0. The van der Waals surface area contributed by atoms with Crippen molar-refractivity contribution < 1.29 is 14.0 Å². The molecule has 3 aromatic rings. The van der Waals surface area contributed by atoms with Crippen LogP contribution in [0, 0.1) is 0 Å². The van der Waals surface area contributed by atoms with E-state index < -0.39 is 6.04 Å². The molecule has 5 nitrogen and oxygen atoms in total. The zero-order valence-corrected chi connectivity index (χ0v) is 17.6. The number of hydrogen-bond donors (Lipinski definition) is 1. The number of hydrogen-bond acceptors (Lipinski definition) is 3. The monoisotopic (exact) mass is 424 g/mol. The number of carbonyl (C=O) groups is 2. The summed E-state index contributed by atoms with van der Waals surface area (Å²) in [5.41, 5.74) is 1.90. The van der Waals surface area contributed by atoms with Crippen molar-refractivity contribution in [3.8, 4) is 0 Å². The van der Waals surface area contributed by atoms with Gasteiger partial charge in [-0.25, -0.2) is 0 Å². The normalized spacial score (nSPS) is 11.7. The molecule has 0 saturated heterocycles. The summed E-state index contributed by atoms with van der Waals surface area (Å²) in [5, 5.41) is 3.54. The number of amides is 2. The lowest BCUT2D eigenvalue weighted by Gasteiger charge is -2.31. The molecule has 156 valence electrons. The smallest absolute Gasteiger partial charge is 0.243 e. The van der Waals surface area contributed by atoms with Crippen molar-refractivity contribution in [2.45, 2.75) is 38.9 Å². The fraction of sp³-hybridized carbons (Fsp3) is 0.250. The van der Waals surface area contributed by atoms with Crippen LogP contribution in [0.25, 0.3) is 0 Å². The summed E-state index contributed by atoms with van der Waals surface area (Å²) >= 11 is 5.99. The van der Waals surface area contributed by atoms with Gasteiger partial charge in [-0.1, -0.05) is 61.0 Å². The first-order chi connectivity index (χ1) is 14.6. The van der Waals surface area contributed by atoms with Crippen LogP contribution in [-0.2, 0) is 29.1 Å². The Balaban J connectivity index is 1.85. The number of nitrogens with zero attached hydrogens (tertiary/aromatic N) is 1. The van der Waals surface area contributed by atoms with E-state index in [1.54, 1.807) is 42.4 Å². The summed E-state index contributed by atoms with van der Waals surface area (Å²) in [6.45, 7) is 2.40. The maximum absolute atomic E-state index is 13.2. The molecule has 1 atom stereocenters. The van der Waals surface area contributed by atoms with E-state index in [0.29, 0.717) is 30.2 Å². The lowest BCUT2D eigenvalue weighted by atomic mass is 10.0. The van der Waals surface area contributed by atoms with Crippen molar-refractivity contribution in [1.29, 1.82) is 0 Å². The Kier molecular flexibility index (Phi) is 7.69. The van der Waals surface area contributed by atoms with E-state index in [4.69, 9.17) is 16.0 Å². The first-order valence-electron chi connectivity index (χ1n) is 9.94. The number of halogens is 1. The van der Waals surface area contributed by atoms with E-state index >= 15 is 0 Å². The average Bonchev–Trinajstić information content (AvgIpc) is 3.29. The van der Waals surface area contributed by atoms with Gasteiger partial charge in [-0.2, -0.15) is 0 Å². The third-order valence-corrected chi connectivity index (χ3v) is 5.11. The Labute approximate surface area is 181 Å². The largest absolute Gasteiger partial charge is 0.467 e. The third kappa shape index (κ3) is 5.97. The van der Waals surface area contributed by atoms with Crippen LogP contribution in [-0.4, -0.2) is 22.8 Å². The van der Waals surface area contributed by atoms with E-state index in [0.717, 1.165) is 11.1 Å². The van der Waals surface area contributed by atoms with Crippen LogP contribution in [0.1, 0.15) is 30.2 Å². The van der Waals surface area contributed by atoms with Gasteiger partial charge in [0.1, 0.15) is 11.8 Å². The zero-order valence-electron chi connectivity index (χ0n) is 16.9. The standard InChI is InChI=1S/C24H25ClN2O3/c1-2-23(28)27(17-19-10-12-20(25)13-11-19)22(15-18-7-4-3-5-8-18)24(29)26-16-21-9-6-14-30-21/h3-14,22H,2,15-17H2,1H3,(H,26,29). The summed E-state index contributed by atoms with van der Waals surface area (Å²) in [4.78, 5) is 27.7. The summed E-state index contributed by atoms with van der Waals surface area (Å²) in [6.07, 6.45) is 2.30. The van der Waals surface area contributed by atoms with Crippen molar-refractivity contribution in [3.05, 3.63) is 94.9 Å². The maximum Gasteiger partial charge on any atom is 0.243 e. The molecule has 3 rings (SSSR count). The topological polar surface area (TPSA) is 62.6 Å². The van der Waals surface area contributed by atoms with Gasteiger partial charge in [0, 0.05) is 24.4 Å². The van der Waals surface area contributed by atoms with Crippen molar-refractivity contribution in [3.63, 3.8) is 0 Å². The number of rotatable bonds is 9. The van der Waals surface area contributed by atoms with E-state index in [-0.39, 0.29) is 18.4 Å². The van der Waals surface area contributed by atoms with Gasteiger partial charge in [-0.05, 0) is 35.4 Å². The second-order valence-corrected chi connectivity index (χ2v) is 7.44. The molecule has 0 bridgehead atoms. The average molecular weight is 425 g/mol. The molecule has 0 aliphatic rings. The highest BCUT2D eigenvalue weighted by Crippen LogP contribution is 2.17. The first-order valence-corrected chi connectivity index (χ1v) is 10.3. The predicted octanol–water partition coefficient (Wildman–Crippen LogP) is 4.60. The number of carbonyl (C=O) groups excluding carboxylic acids is 2. The Morgan fingerprint density at radius 2 is 1.73 bits per heavy atom. The minimum Gasteiger partial charge on any atom is -0.467 e. The van der Waals surface area contributed by atoms with Crippen LogP contribution in [0.5, 0.6) is 0 Å². The molecule has 1 aromatic heterocycles. The Morgan fingerprint density at radius 1 is 1.00 bits per heavy atom. The van der Waals surface area contributed by atoms with Crippen LogP contribution in [0.15, 0.2) is 77.4 Å². The highest BCUT2D eigenvalue weighted by atomic mass is 35.5. The van der Waals surface area contributed by atoms with E-state index in [1.807, 2.05) is 42.5 Å². The SMILES string of the molecule is CCC(=O)N(Cc1ccc(Cl)cc1)C(Cc1ccccc1)C(=O)NCc1ccco1. The lowest BCUT2D eigenvalue weighted by Crippen LogP contribution is -2.50. The van der Waals surface area contributed by atoms with E-state index in [1.165, 1.54) is 0 Å². The minimum absolute atomic E-state index is 0.0842. The molecule has 1 unspecified atom stereocenters. The minimum atomic E-state index is -0.648.